The smallest absolute Gasteiger partial charge is 0.244 e. The number of piperazine rings is 1. The first kappa shape index (κ1) is 21.9. The van der Waals surface area contributed by atoms with Crippen molar-refractivity contribution in [3.05, 3.63) is 58.6 Å². The van der Waals surface area contributed by atoms with E-state index in [4.69, 9.17) is 27.9 Å². The van der Waals surface area contributed by atoms with Gasteiger partial charge in [-0.2, -0.15) is 4.31 Å². The second-order valence-electron chi connectivity index (χ2n) is 6.62. The summed E-state index contributed by atoms with van der Waals surface area (Å²) >= 11 is 11.9. The highest BCUT2D eigenvalue weighted by atomic mass is 35.5. The van der Waals surface area contributed by atoms with E-state index >= 15 is 0 Å². The van der Waals surface area contributed by atoms with Crippen molar-refractivity contribution in [1.29, 1.82) is 0 Å². The Labute approximate surface area is 181 Å². The van der Waals surface area contributed by atoms with E-state index < -0.39 is 10.0 Å². The summed E-state index contributed by atoms with van der Waals surface area (Å²) in [4.78, 5) is 14.2. The minimum atomic E-state index is -3.66. The predicted molar refractivity (Wildman–Crippen MR) is 113 cm³/mol. The summed E-state index contributed by atoms with van der Waals surface area (Å²) < 4.78 is 32.5. The zero-order valence-corrected chi connectivity index (χ0v) is 18.1. The van der Waals surface area contributed by atoms with Crippen LogP contribution in [-0.4, -0.2) is 56.3 Å². The lowest BCUT2D eigenvalue weighted by Crippen LogP contribution is -2.50. The molecule has 0 bridgehead atoms. The number of amides is 1. The molecule has 0 radical (unpaired) electrons. The fourth-order valence-electron chi connectivity index (χ4n) is 3.07. The summed E-state index contributed by atoms with van der Waals surface area (Å²) in [6, 6.07) is 13.4. The molecule has 1 fully saturated rings. The molecule has 1 amide bonds. The van der Waals surface area contributed by atoms with Crippen LogP contribution >= 0.6 is 23.2 Å². The molecule has 3 rings (SSSR count). The lowest BCUT2D eigenvalue weighted by Gasteiger charge is -2.34. The summed E-state index contributed by atoms with van der Waals surface area (Å²) in [5, 5.41) is 0.843. The topological polar surface area (TPSA) is 66.9 Å². The Balaban J connectivity index is 1.44. The van der Waals surface area contributed by atoms with Crippen molar-refractivity contribution in [2.24, 2.45) is 0 Å². The highest BCUT2D eigenvalue weighted by molar-refractivity contribution is 7.89. The Kier molecular flexibility index (Phi) is 7.40. The molecular weight excluding hydrogens is 435 g/mol. The van der Waals surface area contributed by atoms with Gasteiger partial charge in [0.15, 0.2) is 0 Å². The maximum absolute atomic E-state index is 12.8. The normalized spacial score (nSPS) is 15.3. The fraction of sp³-hybridized carbons (Fsp3) is 0.350. The molecule has 1 saturated heterocycles. The van der Waals surface area contributed by atoms with Crippen LogP contribution in [0.2, 0.25) is 10.0 Å². The van der Waals surface area contributed by atoms with Gasteiger partial charge >= 0.3 is 0 Å². The average Bonchev–Trinajstić information content (AvgIpc) is 2.72. The highest BCUT2D eigenvalue weighted by Gasteiger charge is 2.31. The molecule has 2 aromatic carbocycles. The van der Waals surface area contributed by atoms with E-state index in [2.05, 4.69) is 0 Å². The number of nitrogens with zero attached hydrogens (tertiary/aromatic N) is 2. The number of rotatable bonds is 7. The van der Waals surface area contributed by atoms with E-state index in [1.165, 1.54) is 10.4 Å². The molecule has 0 aliphatic carbocycles. The molecule has 0 spiro atoms. The molecule has 2 aromatic rings. The van der Waals surface area contributed by atoms with Crippen LogP contribution < -0.4 is 4.74 Å². The Morgan fingerprint density at radius 3 is 2.28 bits per heavy atom. The van der Waals surface area contributed by atoms with Gasteiger partial charge in [-0.15, -0.1) is 0 Å². The van der Waals surface area contributed by atoms with Gasteiger partial charge in [0, 0.05) is 37.6 Å². The maximum Gasteiger partial charge on any atom is 0.244 e. The number of benzene rings is 2. The Morgan fingerprint density at radius 1 is 0.966 bits per heavy atom. The number of ether oxygens (including phenoxy) is 1. The van der Waals surface area contributed by atoms with Gasteiger partial charge in [-0.25, -0.2) is 8.42 Å². The van der Waals surface area contributed by atoms with Crippen LogP contribution in [0.1, 0.15) is 12.8 Å². The Hall–Kier alpha value is -1.80. The van der Waals surface area contributed by atoms with E-state index in [0.29, 0.717) is 43.3 Å². The third-order valence-electron chi connectivity index (χ3n) is 4.66. The quantitative estimate of drug-likeness (QED) is 0.595. The minimum Gasteiger partial charge on any atom is -0.494 e. The van der Waals surface area contributed by atoms with E-state index in [0.717, 1.165) is 0 Å². The van der Waals surface area contributed by atoms with Crippen LogP contribution in [0.3, 0.4) is 0 Å². The number of hydrogen-bond acceptors (Lipinski definition) is 4. The van der Waals surface area contributed by atoms with E-state index in [9.17, 15) is 13.2 Å². The molecule has 1 aliphatic heterocycles. The molecule has 1 heterocycles. The van der Waals surface area contributed by atoms with Crippen molar-refractivity contribution in [3.63, 3.8) is 0 Å². The van der Waals surface area contributed by atoms with Gasteiger partial charge in [0.1, 0.15) is 10.6 Å². The Bertz CT molecular complexity index is 943. The molecular formula is C20H22Cl2N2O4S. The monoisotopic (exact) mass is 456 g/mol. The fourth-order valence-corrected chi connectivity index (χ4v) is 5.11. The molecule has 0 atom stereocenters. The SMILES string of the molecule is O=C(CCCOc1ccc(Cl)cc1)N1CCN(S(=O)(=O)c2ccccc2Cl)CC1. The largest absolute Gasteiger partial charge is 0.494 e. The van der Waals surface area contributed by atoms with Crippen molar-refractivity contribution < 1.29 is 17.9 Å². The summed E-state index contributed by atoms with van der Waals surface area (Å²) in [5.74, 6) is 0.708. The van der Waals surface area contributed by atoms with Crippen LogP contribution in [0.25, 0.3) is 0 Å². The first-order valence-electron chi connectivity index (χ1n) is 9.29. The minimum absolute atomic E-state index is 0.000465. The van der Waals surface area contributed by atoms with Gasteiger partial charge in [-0.05, 0) is 42.8 Å². The molecule has 0 aromatic heterocycles. The van der Waals surface area contributed by atoms with Gasteiger partial charge in [0.25, 0.3) is 0 Å². The molecule has 0 unspecified atom stereocenters. The zero-order chi connectivity index (χ0) is 20.9. The first-order chi connectivity index (χ1) is 13.9. The lowest BCUT2D eigenvalue weighted by molar-refractivity contribution is -0.132. The molecule has 9 heteroatoms. The number of carbonyl (C=O) groups is 1. The number of hydrogen-bond donors (Lipinski definition) is 0. The Morgan fingerprint density at radius 2 is 1.62 bits per heavy atom. The molecule has 0 saturated carbocycles. The van der Waals surface area contributed by atoms with Crippen LogP contribution in [0.5, 0.6) is 5.75 Å². The van der Waals surface area contributed by atoms with Crippen LogP contribution in [0.4, 0.5) is 0 Å². The average molecular weight is 457 g/mol. The van der Waals surface area contributed by atoms with Crippen molar-refractivity contribution in [3.8, 4) is 5.75 Å². The standard InChI is InChI=1S/C20H22Cl2N2O4S/c21-16-7-9-17(10-8-16)28-15-3-6-20(25)23-11-13-24(14-12-23)29(26,27)19-5-2-1-4-18(19)22/h1-2,4-5,7-10H,3,6,11-15H2. The molecule has 156 valence electrons. The molecule has 1 aliphatic rings. The summed E-state index contributed by atoms with van der Waals surface area (Å²) in [6.07, 6.45) is 0.935. The van der Waals surface area contributed by atoms with E-state index in [1.54, 1.807) is 47.4 Å². The number of halogens is 2. The van der Waals surface area contributed by atoms with Gasteiger partial charge in [-0.1, -0.05) is 35.3 Å². The second-order valence-corrected chi connectivity index (χ2v) is 9.37. The number of sulfonamides is 1. The predicted octanol–water partition coefficient (Wildman–Crippen LogP) is 3.69. The third-order valence-corrected chi connectivity index (χ3v) is 7.31. The molecule has 29 heavy (non-hydrogen) atoms. The van der Waals surface area contributed by atoms with Gasteiger partial charge in [0.05, 0.1) is 11.6 Å². The third kappa shape index (κ3) is 5.63. The summed E-state index contributed by atoms with van der Waals surface area (Å²) in [7, 11) is -3.66. The maximum atomic E-state index is 12.8. The van der Waals surface area contributed by atoms with Crippen LogP contribution in [0.15, 0.2) is 53.4 Å². The zero-order valence-electron chi connectivity index (χ0n) is 15.8. The van der Waals surface area contributed by atoms with Crippen LogP contribution in [0, 0.1) is 0 Å². The summed E-state index contributed by atoms with van der Waals surface area (Å²) in [6.45, 7) is 1.65. The number of carbonyl (C=O) groups excluding carboxylic acids is 1. The second kappa shape index (κ2) is 9.80. The first-order valence-corrected chi connectivity index (χ1v) is 11.5. The van der Waals surface area contributed by atoms with Crippen molar-refractivity contribution in [2.75, 3.05) is 32.8 Å². The van der Waals surface area contributed by atoms with Crippen molar-refractivity contribution in [1.82, 2.24) is 9.21 Å². The van der Waals surface area contributed by atoms with Crippen molar-refractivity contribution >= 4 is 39.1 Å². The lowest BCUT2D eigenvalue weighted by atomic mass is 10.2. The van der Waals surface area contributed by atoms with Crippen LogP contribution in [-0.2, 0) is 14.8 Å². The van der Waals surface area contributed by atoms with E-state index in [-0.39, 0.29) is 28.9 Å². The van der Waals surface area contributed by atoms with Gasteiger partial charge in [0.2, 0.25) is 15.9 Å². The van der Waals surface area contributed by atoms with Crippen molar-refractivity contribution in [2.45, 2.75) is 17.7 Å². The molecule has 0 N–H and O–H groups in total. The van der Waals surface area contributed by atoms with Gasteiger partial charge in [-0.3, -0.25) is 4.79 Å². The highest BCUT2D eigenvalue weighted by Crippen LogP contribution is 2.25. The summed E-state index contributed by atoms with van der Waals surface area (Å²) in [5.41, 5.74) is 0. The van der Waals surface area contributed by atoms with E-state index in [1.807, 2.05) is 0 Å². The molecule has 6 nitrogen and oxygen atoms in total. The van der Waals surface area contributed by atoms with Gasteiger partial charge < -0.3 is 9.64 Å².